The van der Waals surface area contributed by atoms with Crippen molar-refractivity contribution in [3.05, 3.63) is 45.5 Å². The molecule has 1 saturated carbocycles. The van der Waals surface area contributed by atoms with Gasteiger partial charge in [-0.1, -0.05) is 0 Å². The number of hydrogen-bond acceptors (Lipinski definition) is 4. The first-order valence-corrected chi connectivity index (χ1v) is 7.65. The Balaban J connectivity index is 1.74. The Kier molecular flexibility index (Phi) is 3.63. The highest BCUT2D eigenvalue weighted by Gasteiger charge is 2.30. The minimum absolute atomic E-state index is 0.0313. The van der Waals surface area contributed by atoms with Gasteiger partial charge in [-0.25, -0.2) is 4.79 Å². The van der Waals surface area contributed by atoms with Crippen LogP contribution in [0.3, 0.4) is 0 Å². The number of thiophene rings is 1. The summed E-state index contributed by atoms with van der Waals surface area (Å²) in [4.78, 5) is 13.4. The average molecular weight is 291 g/mol. The first kappa shape index (κ1) is 13.4. The second-order valence-electron chi connectivity index (χ2n) is 5.26. The van der Waals surface area contributed by atoms with E-state index in [9.17, 15) is 4.79 Å². The van der Waals surface area contributed by atoms with Crippen LogP contribution < -0.4 is 0 Å². The Labute approximate surface area is 121 Å². The molecule has 0 spiro atoms. The largest absolute Gasteiger partial charge is 0.475 e. The molecule has 1 aliphatic rings. The molecule has 4 nitrogen and oxygen atoms in total. The molecule has 2 heterocycles. The van der Waals surface area contributed by atoms with E-state index in [2.05, 4.69) is 21.7 Å². The molecule has 5 heteroatoms. The fraction of sp³-hybridized carbons (Fsp3) is 0.400. The molecule has 0 amide bonds. The Morgan fingerprint density at radius 1 is 1.50 bits per heavy atom. The van der Waals surface area contributed by atoms with E-state index in [1.54, 1.807) is 17.4 Å². The van der Waals surface area contributed by atoms with Crippen molar-refractivity contribution in [3.63, 3.8) is 0 Å². The molecule has 0 saturated heterocycles. The van der Waals surface area contributed by atoms with E-state index in [4.69, 9.17) is 9.52 Å². The van der Waals surface area contributed by atoms with Gasteiger partial charge in [-0.3, -0.25) is 4.90 Å². The summed E-state index contributed by atoms with van der Waals surface area (Å²) in [5.74, 6) is -0.266. The third-order valence-electron chi connectivity index (χ3n) is 3.63. The molecule has 0 unspecified atom stereocenters. The second kappa shape index (κ2) is 5.42. The lowest BCUT2D eigenvalue weighted by atomic mass is 10.2. The van der Waals surface area contributed by atoms with Crippen LogP contribution in [0.1, 0.15) is 40.3 Å². The lowest BCUT2D eigenvalue weighted by molar-refractivity contribution is 0.0661. The smallest absolute Gasteiger partial charge is 0.371 e. The zero-order valence-electron chi connectivity index (χ0n) is 11.3. The summed E-state index contributed by atoms with van der Waals surface area (Å²) >= 11 is 1.71. The molecule has 3 rings (SSSR count). The molecule has 1 fully saturated rings. The van der Waals surface area contributed by atoms with Crippen LogP contribution in [0, 0.1) is 6.92 Å². The Morgan fingerprint density at radius 2 is 2.30 bits per heavy atom. The molecular weight excluding hydrogens is 274 g/mol. The molecule has 0 radical (unpaired) electrons. The highest BCUT2D eigenvalue weighted by atomic mass is 32.1. The molecule has 106 valence electrons. The van der Waals surface area contributed by atoms with Crippen molar-refractivity contribution in [2.24, 2.45) is 0 Å². The summed E-state index contributed by atoms with van der Waals surface area (Å²) in [6.45, 7) is 3.50. The summed E-state index contributed by atoms with van der Waals surface area (Å²) in [6.07, 6.45) is 2.46. The van der Waals surface area contributed by atoms with Crippen molar-refractivity contribution in [3.8, 4) is 0 Å². The van der Waals surface area contributed by atoms with Crippen molar-refractivity contribution in [1.82, 2.24) is 4.90 Å². The van der Waals surface area contributed by atoms with Gasteiger partial charge < -0.3 is 9.52 Å². The summed E-state index contributed by atoms with van der Waals surface area (Å²) in [5.41, 5.74) is 2.30. The average Bonchev–Trinajstić information content (AvgIpc) is 3.01. The predicted octanol–water partition coefficient (Wildman–Crippen LogP) is 3.51. The molecule has 1 aliphatic carbocycles. The third-order valence-corrected chi connectivity index (χ3v) is 4.37. The van der Waals surface area contributed by atoms with E-state index >= 15 is 0 Å². The van der Waals surface area contributed by atoms with Gasteiger partial charge >= 0.3 is 5.97 Å². The van der Waals surface area contributed by atoms with Crippen LogP contribution in [-0.4, -0.2) is 22.0 Å². The van der Waals surface area contributed by atoms with Crippen molar-refractivity contribution < 1.29 is 14.3 Å². The van der Waals surface area contributed by atoms with Gasteiger partial charge in [0.05, 0.1) is 0 Å². The molecule has 0 aliphatic heterocycles. The Hall–Kier alpha value is -1.59. The van der Waals surface area contributed by atoms with Gasteiger partial charge in [-0.05, 0) is 48.2 Å². The number of furan rings is 1. The number of hydrogen-bond donors (Lipinski definition) is 1. The number of aryl methyl sites for hydroxylation is 1. The maximum Gasteiger partial charge on any atom is 0.371 e. The predicted molar refractivity (Wildman–Crippen MR) is 77.0 cm³/mol. The van der Waals surface area contributed by atoms with Gasteiger partial charge in [-0.15, -0.1) is 0 Å². The molecule has 20 heavy (non-hydrogen) atoms. The van der Waals surface area contributed by atoms with E-state index < -0.39 is 5.97 Å². The van der Waals surface area contributed by atoms with Crippen LogP contribution in [0.5, 0.6) is 0 Å². The quantitative estimate of drug-likeness (QED) is 0.885. The zero-order chi connectivity index (χ0) is 14.1. The van der Waals surface area contributed by atoms with Gasteiger partial charge in [-0.2, -0.15) is 11.3 Å². The maximum absolute atomic E-state index is 10.9. The van der Waals surface area contributed by atoms with E-state index in [1.165, 1.54) is 18.4 Å². The van der Waals surface area contributed by atoms with Crippen molar-refractivity contribution in [2.75, 3.05) is 0 Å². The Morgan fingerprint density at radius 3 is 2.85 bits per heavy atom. The van der Waals surface area contributed by atoms with Gasteiger partial charge in [0.15, 0.2) is 0 Å². The highest BCUT2D eigenvalue weighted by molar-refractivity contribution is 7.07. The number of carboxylic acid groups (broad SMARTS) is 1. The standard InChI is InChI=1S/C15H17NO3S/c1-10-12(6-14(19-10)15(17)18)8-16(13-2-3-13)7-11-4-5-20-9-11/h4-6,9,13H,2-3,7-8H2,1H3,(H,17,18). The molecular formula is C15H17NO3S. The van der Waals surface area contributed by atoms with E-state index in [0.717, 1.165) is 18.7 Å². The van der Waals surface area contributed by atoms with Crippen LogP contribution in [0.2, 0.25) is 0 Å². The number of carbonyl (C=O) groups is 1. The van der Waals surface area contributed by atoms with Gasteiger partial charge in [0.25, 0.3) is 0 Å². The normalized spacial score (nSPS) is 14.9. The monoisotopic (exact) mass is 291 g/mol. The van der Waals surface area contributed by atoms with E-state index in [0.29, 0.717) is 11.8 Å². The second-order valence-corrected chi connectivity index (χ2v) is 6.05. The van der Waals surface area contributed by atoms with Crippen LogP contribution >= 0.6 is 11.3 Å². The summed E-state index contributed by atoms with van der Waals surface area (Å²) in [7, 11) is 0. The summed E-state index contributed by atoms with van der Waals surface area (Å²) < 4.78 is 5.29. The van der Waals surface area contributed by atoms with E-state index in [1.807, 2.05) is 6.92 Å². The minimum atomic E-state index is -1.00. The molecule has 0 bridgehead atoms. The molecule has 0 atom stereocenters. The number of rotatable bonds is 6. The number of aromatic carboxylic acids is 1. The van der Waals surface area contributed by atoms with Crippen molar-refractivity contribution >= 4 is 17.3 Å². The summed E-state index contributed by atoms with van der Waals surface area (Å²) in [6, 6.07) is 4.42. The fourth-order valence-corrected chi connectivity index (χ4v) is 3.03. The first-order chi connectivity index (χ1) is 9.63. The van der Waals surface area contributed by atoms with Crippen LogP contribution in [0.4, 0.5) is 0 Å². The molecule has 0 aromatic carbocycles. The lowest BCUT2D eigenvalue weighted by Gasteiger charge is -2.21. The van der Waals surface area contributed by atoms with Crippen molar-refractivity contribution in [1.29, 1.82) is 0 Å². The van der Waals surface area contributed by atoms with Crippen LogP contribution in [-0.2, 0) is 13.1 Å². The highest BCUT2D eigenvalue weighted by Crippen LogP contribution is 2.31. The molecule has 1 N–H and O–H groups in total. The summed E-state index contributed by atoms with van der Waals surface area (Å²) in [5, 5.41) is 13.2. The minimum Gasteiger partial charge on any atom is -0.475 e. The fourth-order valence-electron chi connectivity index (χ4n) is 2.37. The van der Waals surface area contributed by atoms with Crippen LogP contribution in [0.25, 0.3) is 0 Å². The van der Waals surface area contributed by atoms with Gasteiger partial charge in [0.2, 0.25) is 5.76 Å². The number of carboxylic acids is 1. The zero-order valence-corrected chi connectivity index (χ0v) is 12.2. The lowest BCUT2D eigenvalue weighted by Crippen LogP contribution is -2.24. The van der Waals surface area contributed by atoms with Gasteiger partial charge in [0.1, 0.15) is 5.76 Å². The molecule has 2 aromatic heterocycles. The topological polar surface area (TPSA) is 53.7 Å². The maximum atomic E-state index is 10.9. The van der Waals surface area contributed by atoms with E-state index in [-0.39, 0.29) is 5.76 Å². The number of nitrogens with zero attached hydrogens (tertiary/aromatic N) is 1. The Bertz CT molecular complexity index is 599. The third kappa shape index (κ3) is 2.94. The molecule has 2 aromatic rings. The SMILES string of the molecule is Cc1oc(C(=O)O)cc1CN(Cc1ccsc1)C1CC1. The van der Waals surface area contributed by atoms with Gasteiger partial charge in [0, 0.05) is 24.7 Å². The first-order valence-electron chi connectivity index (χ1n) is 6.71. The van der Waals surface area contributed by atoms with Crippen molar-refractivity contribution in [2.45, 2.75) is 38.9 Å². The van der Waals surface area contributed by atoms with Crippen LogP contribution in [0.15, 0.2) is 27.3 Å².